The van der Waals surface area contributed by atoms with Crippen LogP contribution in [0.25, 0.3) is 0 Å². The van der Waals surface area contributed by atoms with Crippen LogP contribution in [0.2, 0.25) is 0 Å². The van der Waals surface area contributed by atoms with E-state index in [1.807, 2.05) is 7.05 Å². The topological polar surface area (TPSA) is 15.3 Å². The molecule has 2 heteroatoms. The van der Waals surface area contributed by atoms with Gasteiger partial charge in [-0.1, -0.05) is 40.0 Å². The summed E-state index contributed by atoms with van der Waals surface area (Å²) in [7, 11) is 2.04. The van der Waals surface area contributed by atoms with Crippen LogP contribution in [0.1, 0.15) is 59.3 Å². The zero-order valence-electron chi connectivity index (χ0n) is 11.9. The Bertz CT molecular complexity index is 133. The fourth-order valence-corrected chi connectivity index (χ4v) is 2.28. The van der Waals surface area contributed by atoms with Crippen molar-refractivity contribution in [1.29, 1.82) is 0 Å². The second-order valence-corrected chi connectivity index (χ2v) is 4.67. The Labute approximate surface area is 103 Å². The van der Waals surface area contributed by atoms with Gasteiger partial charge in [-0.3, -0.25) is 4.90 Å². The molecule has 0 aromatic heterocycles. The highest BCUT2D eigenvalue weighted by atomic mass is 15.2. The standard InChI is InChI=1S/C14H32N2/c1-5-8-9-10-12-16(13-11-15-4)14(6-2)7-3/h14-15H,5-13H2,1-4H3. The SMILES string of the molecule is CCCCCCN(CCNC)C(CC)CC. The molecule has 2 nitrogen and oxygen atoms in total. The zero-order chi connectivity index (χ0) is 12.2. The number of rotatable bonds is 11. The molecule has 0 aromatic rings. The highest BCUT2D eigenvalue weighted by Crippen LogP contribution is 2.10. The summed E-state index contributed by atoms with van der Waals surface area (Å²) in [6, 6.07) is 0.787. The van der Waals surface area contributed by atoms with E-state index in [1.54, 1.807) is 0 Å². The second-order valence-electron chi connectivity index (χ2n) is 4.67. The van der Waals surface area contributed by atoms with Crippen molar-refractivity contribution in [2.75, 3.05) is 26.7 Å². The molecule has 0 radical (unpaired) electrons. The Hall–Kier alpha value is -0.0800. The first-order valence-corrected chi connectivity index (χ1v) is 7.18. The maximum atomic E-state index is 3.26. The van der Waals surface area contributed by atoms with Crippen LogP contribution in [0.3, 0.4) is 0 Å². The summed E-state index contributed by atoms with van der Waals surface area (Å²) in [5.74, 6) is 0. The summed E-state index contributed by atoms with van der Waals surface area (Å²) in [6.45, 7) is 10.5. The van der Waals surface area contributed by atoms with E-state index in [4.69, 9.17) is 0 Å². The van der Waals surface area contributed by atoms with Gasteiger partial charge in [0, 0.05) is 19.1 Å². The first-order chi connectivity index (χ1) is 7.79. The van der Waals surface area contributed by atoms with E-state index in [0.29, 0.717) is 0 Å². The van der Waals surface area contributed by atoms with Crippen LogP contribution in [0, 0.1) is 0 Å². The van der Waals surface area contributed by atoms with Gasteiger partial charge in [0.25, 0.3) is 0 Å². The van der Waals surface area contributed by atoms with Gasteiger partial charge in [0.1, 0.15) is 0 Å². The van der Waals surface area contributed by atoms with Gasteiger partial charge in [0.05, 0.1) is 0 Å². The fraction of sp³-hybridized carbons (Fsp3) is 1.00. The van der Waals surface area contributed by atoms with Gasteiger partial charge >= 0.3 is 0 Å². The van der Waals surface area contributed by atoms with Crippen LogP contribution in [-0.4, -0.2) is 37.6 Å². The van der Waals surface area contributed by atoms with Gasteiger partial charge in [0.15, 0.2) is 0 Å². The van der Waals surface area contributed by atoms with E-state index in [0.717, 1.165) is 12.6 Å². The summed E-state index contributed by atoms with van der Waals surface area (Å²) in [6.07, 6.45) is 8.06. The highest BCUT2D eigenvalue weighted by Gasteiger charge is 2.13. The van der Waals surface area contributed by atoms with E-state index < -0.39 is 0 Å². The molecule has 0 saturated carbocycles. The summed E-state index contributed by atoms with van der Waals surface area (Å²) in [5.41, 5.74) is 0. The van der Waals surface area contributed by atoms with Gasteiger partial charge in [-0.15, -0.1) is 0 Å². The third-order valence-corrected chi connectivity index (χ3v) is 3.41. The highest BCUT2D eigenvalue weighted by molar-refractivity contribution is 4.69. The quantitative estimate of drug-likeness (QED) is 0.546. The smallest absolute Gasteiger partial charge is 0.0110 e. The summed E-state index contributed by atoms with van der Waals surface area (Å²) < 4.78 is 0. The lowest BCUT2D eigenvalue weighted by Gasteiger charge is -2.30. The van der Waals surface area contributed by atoms with Crippen molar-refractivity contribution in [2.24, 2.45) is 0 Å². The van der Waals surface area contributed by atoms with Crippen LogP contribution >= 0.6 is 0 Å². The minimum atomic E-state index is 0.787. The number of hydrogen-bond donors (Lipinski definition) is 1. The Morgan fingerprint density at radius 1 is 0.938 bits per heavy atom. The van der Waals surface area contributed by atoms with Gasteiger partial charge < -0.3 is 5.32 Å². The second kappa shape index (κ2) is 11.4. The lowest BCUT2D eigenvalue weighted by molar-refractivity contribution is 0.183. The van der Waals surface area contributed by atoms with Crippen molar-refractivity contribution < 1.29 is 0 Å². The Morgan fingerprint density at radius 2 is 1.62 bits per heavy atom. The van der Waals surface area contributed by atoms with E-state index >= 15 is 0 Å². The van der Waals surface area contributed by atoms with Crippen molar-refractivity contribution in [3.05, 3.63) is 0 Å². The molecular formula is C14H32N2. The molecule has 0 spiro atoms. The summed E-state index contributed by atoms with van der Waals surface area (Å²) >= 11 is 0. The molecule has 98 valence electrons. The number of nitrogens with zero attached hydrogens (tertiary/aromatic N) is 1. The lowest BCUT2D eigenvalue weighted by Crippen LogP contribution is -2.39. The molecule has 0 atom stereocenters. The summed E-state index contributed by atoms with van der Waals surface area (Å²) in [5, 5.41) is 3.26. The van der Waals surface area contributed by atoms with Crippen molar-refractivity contribution in [3.8, 4) is 0 Å². The first-order valence-electron chi connectivity index (χ1n) is 7.18. The molecule has 0 rings (SSSR count). The van der Waals surface area contributed by atoms with Crippen LogP contribution in [0.15, 0.2) is 0 Å². The predicted molar refractivity (Wildman–Crippen MR) is 74.0 cm³/mol. The van der Waals surface area contributed by atoms with Crippen molar-refractivity contribution >= 4 is 0 Å². The molecule has 0 aliphatic rings. The molecule has 0 aliphatic heterocycles. The van der Waals surface area contributed by atoms with Gasteiger partial charge in [0.2, 0.25) is 0 Å². The van der Waals surface area contributed by atoms with E-state index in [1.165, 1.54) is 51.6 Å². The average Bonchev–Trinajstić information content (AvgIpc) is 2.31. The van der Waals surface area contributed by atoms with Crippen LogP contribution in [-0.2, 0) is 0 Å². The molecule has 0 bridgehead atoms. The van der Waals surface area contributed by atoms with Crippen molar-refractivity contribution in [1.82, 2.24) is 10.2 Å². The first kappa shape index (κ1) is 15.9. The number of nitrogens with one attached hydrogen (secondary N) is 1. The number of hydrogen-bond acceptors (Lipinski definition) is 2. The number of likely N-dealkylation sites (N-methyl/N-ethyl adjacent to an activating group) is 1. The maximum absolute atomic E-state index is 3.26. The Kier molecular flexibility index (Phi) is 11.3. The summed E-state index contributed by atoms with van der Waals surface area (Å²) in [4.78, 5) is 2.67. The largest absolute Gasteiger partial charge is 0.318 e. The Morgan fingerprint density at radius 3 is 2.12 bits per heavy atom. The maximum Gasteiger partial charge on any atom is 0.0110 e. The molecule has 0 fully saturated rings. The lowest BCUT2D eigenvalue weighted by atomic mass is 10.1. The minimum absolute atomic E-state index is 0.787. The van der Waals surface area contributed by atoms with Gasteiger partial charge in [-0.25, -0.2) is 0 Å². The fourth-order valence-electron chi connectivity index (χ4n) is 2.28. The third kappa shape index (κ3) is 7.24. The molecule has 0 saturated heterocycles. The van der Waals surface area contributed by atoms with Gasteiger partial charge in [-0.05, 0) is 32.9 Å². The third-order valence-electron chi connectivity index (χ3n) is 3.41. The van der Waals surface area contributed by atoms with Crippen molar-refractivity contribution in [2.45, 2.75) is 65.3 Å². The normalized spacial score (nSPS) is 11.6. The molecule has 0 heterocycles. The molecule has 16 heavy (non-hydrogen) atoms. The van der Waals surface area contributed by atoms with Crippen LogP contribution < -0.4 is 5.32 Å². The predicted octanol–water partition coefficient (Wildman–Crippen LogP) is 3.28. The molecule has 0 aliphatic carbocycles. The Balaban J connectivity index is 3.88. The molecule has 0 unspecified atom stereocenters. The van der Waals surface area contributed by atoms with Crippen molar-refractivity contribution in [3.63, 3.8) is 0 Å². The van der Waals surface area contributed by atoms with Gasteiger partial charge in [-0.2, -0.15) is 0 Å². The molecule has 0 aromatic carbocycles. The van der Waals surface area contributed by atoms with E-state index in [9.17, 15) is 0 Å². The van der Waals surface area contributed by atoms with Crippen LogP contribution in [0.5, 0.6) is 0 Å². The monoisotopic (exact) mass is 228 g/mol. The van der Waals surface area contributed by atoms with Crippen LogP contribution in [0.4, 0.5) is 0 Å². The molecular weight excluding hydrogens is 196 g/mol. The minimum Gasteiger partial charge on any atom is -0.318 e. The van der Waals surface area contributed by atoms with E-state index in [-0.39, 0.29) is 0 Å². The average molecular weight is 228 g/mol. The molecule has 1 N–H and O–H groups in total. The number of unbranched alkanes of at least 4 members (excludes halogenated alkanes) is 3. The zero-order valence-corrected chi connectivity index (χ0v) is 11.9. The molecule has 0 amide bonds. The van der Waals surface area contributed by atoms with E-state index in [2.05, 4.69) is 31.0 Å².